The number of piperazine rings is 1. The molecule has 10 heteroatoms. The molecule has 1 aromatic carbocycles. The lowest BCUT2D eigenvalue weighted by Crippen LogP contribution is -2.47. The molecule has 1 saturated heterocycles. The Morgan fingerprint density at radius 3 is 2.40 bits per heavy atom. The predicted octanol–water partition coefficient (Wildman–Crippen LogP) is 3.30. The third-order valence-corrected chi connectivity index (χ3v) is 7.44. The van der Waals surface area contributed by atoms with Gasteiger partial charge in [0.2, 0.25) is 0 Å². The van der Waals surface area contributed by atoms with Crippen LogP contribution in [0.25, 0.3) is 22.3 Å². The Morgan fingerprint density at radius 2 is 1.75 bits per heavy atom. The molecule has 1 aliphatic rings. The van der Waals surface area contributed by atoms with Crippen LogP contribution >= 0.6 is 0 Å². The number of rotatable bonds is 6. The van der Waals surface area contributed by atoms with Crippen molar-refractivity contribution >= 4 is 22.8 Å². The van der Waals surface area contributed by atoms with Gasteiger partial charge in [-0.3, -0.25) is 14.4 Å². The molecule has 1 fully saturated rings. The first kappa shape index (κ1) is 27.3. The molecule has 0 atom stereocenters. The highest BCUT2D eigenvalue weighted by Crippen LogP contribution is 2.27. The Kier molecular flexibility index (Phi) is 7.53. The van der Waals surface area contributed by atoms with Gasteiger partial charge in [0, 0.05) is 61.1 Å². The van der Waals surface area contributed by atoms with Crippen LogP contribution in [-0.4, -0.2) is 74.6 Å². The molecule has 1 aliphatic heterocycles. The van der Waals surface area contributed by atoms with Gasteiger partial charge in [-0.05, 0) is 64.6 Å². The third kappa shape index (κ3) is 5.40. The first-order valence-corrected chi connectivity index (χ1v) is 13.6. The molecule has 2 N–H and O–H groups in total. The van der Waals surface area contributed by atoms with E-state index in [9.17, 15) is 14.4 Å². The van der Waals surface area contributed by atoms with Gasteiger partial charge < -0.3 is 20.1 Å². The summed E-state index contributed by atoms with van der Waals surface area (Å²) in [5.41, 5.74) is 4.93. The number of H-pyrrole nitrogens is 1. The molecule has 0 spiro atoms. The van der Waals surface area contributed by atoms with Gasteiger partial charge in [0.25, 0.3) is 17.4 Å². The van der Waals surface area contributed by atoms with E-state index in [0.29, 0.717) is 46.5 Å². The molecular formula is C30H35N7O3. The molecule has 0 radical (unpaired) electrons. The quantitative estimate of drug-likeness (QED) is 0.387. The summed E-state index contributed by atoms with van der Waals surface area (Å²) < 4.78 is 1.79. The zero-order valence-electron chi connectivity index (χ0n) is 23.6. The van der Waals surface area contributed by atoms with Crippen molar-refractivity contribution in [2.24, 2.45) is 0 Å². The summed E-state index contributed by atoms with van der Waals surface area (Å²) in [7, 11) is 2.06. The van der Waals surface area contributed by atoms with E-state index < -0.39 is 0 Å². The topological polar surface area (TPSA) is 116 Å². The number of pyridine rings is 2. The average molecular weight is 542 g/mol. The van der Waals surface area contributed by atoms with Crippen molar-refractivity contribution in [1.82, 2.24) is 34.9 Å². The molecule has 0 unspecified atom stereocenters. The van der Waals surface area contributed by atoms with E-state index in [2.05, 4.69) is 27.3 Å². The molecule has 2 amide bonds. The lowest BCUT2D eigenvalue weighted by atomic mass is 10.0. The van der Waals surface area contributed by atoms with Gasteiger partial charge >= 0.3 is 0 Å². The number of fused-ring (bicyclic) bond motifs is 1. The Labute approximate surface area is 233 Å². The van der Waals surface area contributed by atoms with Gasteiger partial charge in [0.1, 0.15) is 0 Å². The van der Waals surface area contributed by atoms with Crippen LogP contribution in [0.4, 0.5) is 0 Å². The SMILES string of the molecule is Cc1cc(C)c(CNC(=O)c2cc(-c3ccc(C(=O)N4CCN(C)CC4)cc3)nc3c2cnn3C(C)C)c(=O)[nH]1. The van der Waals surface area contributed by atoms with E-state index in [4.69, 9.17) is 4.98 Å². The first-order chi connectivity index (χ1) is 19.1. The lowest BCUT2D eigenvalue weighted by Gasteiger charge is -2.32. The number of hydrogen-bond acceptors (Lipinski definition) is 6. The highest BCUT2D eigenvalue weighted by molar-refractivity contribution is 6.06. The predicted molar refractivity (Wildman–Crippen MR) is 154 cm³/mol. The van der Waals surface area contributed by atoms with Crippen LogP contribution in [0.2, 0.25) is 0 Å². The molecule has 4 aromatic rings. The van der Waals surface area contributed by atoms with E-state index in [1.807, 2.05) is 62.9 Å². The minimum Gasteiger partial charge on any atom is -0.348 e. The van der Waals surface area contributed by atoms with Crippen LogP contribution in [-0.2, 0) is 6.54 Å². The smallest absolute Gasteiger partial charge is 0.253 e. The maximum Gasteiger partial charge on any atom is 0.253 e. The number of benzene rings is 1. The largest absolute Gasteiger partial charge is 0.348 e. The minimum atomic E-state index is -0.321. The molecule has 0 bridgehead atoms. The molecule has 0 aliphatic carbocycles. The number of hydrogen-bond donors (Lipinski definition) is 2. The second kappa shape index (κ2) is 11.1. The highest BCUT2D eigenvalue weighted by atomic mass is 16.2. The summed E-state index contributed by atoms with van der Waals surface area (Å²) in [5.74, 6) is -0.305. The van der Waals surface area contributed by atoms with Crippen molar-refractivity contribution in [3.8, 4) is 11.3 Å². The number of aromatic nitrogens is 4. The van der Waals surface area contributed by atoms with Crippen LogP contribution in [0.3, 0.4) is 0 Å². The number of amides is 2. The van der Waals surface area contributed by atoms with Gasteiger partial charge in [0.05, 0.1) is 22.8 Å². The number of carbonyl (C=O) groups excluding carboxylic acids is 2. The highest BCUT2D eigenvalue weighted by Gasteiger charge is 2.22. The van der Waals surface area contributed by atoms with Gasteiger partial charge in [-0.2, -0.15) is 5.10 Å². The van der Waals surface area contributed by atoms with Crippen molar-refractivity contribution < 1.29 is 9.59 Å². The monoisotopic (exact) mass is 541 g/mol. The van der Waals surface area contributed by atoms with Crippen LogP contribution in [0.1, 0.15) is 57.4 Å². The van der Waals surface area contributed by atoms with E-state index in [1.165, 1.54) is 0 Å². The second-order valence-corrected chi connectivity index (χ2v) is 10.8. The fourth-order valence-corrected chi connectivity index (χ4v) is 5.07. The number of nitrogens with one attached hydrogen (secondary N) is 2. The van der Waals surface area contributed by atoms with Crippen molar-refractivity contribution in [3.05, 3.63) is 80.9 Å². The number of aromatic amines is 1. The number of nitrogens with zero attached hydrogens (tertiary/aromatic N) is 5. The first-order valence-electron chi connectivity index (χ1n) is 13.6. The lowest BCUT2D eigenvalue weighted by molar-refractivity contribution is 0.0664. The summed E-state index contributed by atoms with van der Waals surface area (Å²) in [6.07, 6.45) is 1.66. The van der Waals surface area contributed by atoms with E-state index in [1.54, 1.807) is 16.9 Å². The fourth-order valence-electron chi connectivity index (χ4n) is 5.07. The second-order valence-electron chi connectivity index (χ2n) is 10.8. The Morgan fingerprint density at radius 1 is 1.05 bits per heavy atom. The third-order valence-electron chi connectivity index (χ3n) is 7.44. The van der Waals surface area contributed by atoms with Crippen molar-refractivity contribution in [1.29, 1.82) is 0 Å². The van der Waals surface area contributed by atoms with E-state index in [-0.39, 0.29) is 30.0 Å². The summed E-state index contributed by atoms with van der Waals surface area (Å²) in [5, 5.41) is 8.03. The minimum absolute atomic E-state index is 0.0161. The van der Waals surface area contributed by atoms with Crippen LogP contribution in [0.5, 0.6) is 0 Å². The van der Waals surface area contributed by atoms with Gasteiger partial charge in [-0.1, -0.05) is 12.1 Å². The Bertz CT molecular complexity index is 1630. The number of likely N-dealkylation sites (N-methyl/N-ethyl adjacent to an activating group) is 1. The van der Waals surface area contributed by atoms with Crippen LogP contribution in [0.15, 0.2) is 47.4 Å². The molecule has 3 aromatic heterocycles. The summed E-state index contributed by atoms with van der Waals surface area (Å²) in [6, 6.07) is 11.0. The Balaban J connectivity index is 1.46. The van der Waals surface area contributed by atoms with E-state index >= 15 is 0 Å². The molecule has 0 saturated carbocycles. The van der Waals surface area contributed by atoms with Gasteiger partial charge in [0.15, 0.2) is 5.65 Å². The standard InChI is InChI=1S/C30H35N7O3/c1-18(2)37-27-25(17-32-37)23(28(38)31-16-24-19(3)14-20(4)33-29(24)39)15-26(34-27)21-6-8-22(9-7-21)30(40)36-12-10-35(5)11-13-36/h6-9,14-15,17-18H,10-13,16H2,1-5H3,(H,31,38)(H,33,39). The number of carbonyl (C=O) groups is 2. The van der Waals surface area contributed by atoms with Crippen LogP contribution in [0, 0.1) is 13.8 Å². The van der Waals surface area contributed by atoms with Gasteiger partial charge in [-0.25, -0.2) is 9.67 Å². The van der Waals surface area contributed by atoms with Crippen molar-refractivity contribution in [3.63, 3.8) is 0 Å². The molecule has 4 heterocycles. The summed E-state index contributed by atoms with van der Waals surface area (Å²) >= 11 is 0. The van der Waals surface area contributed by atoms with E-state index in [0.717, 1.165) is 29.9 Å². The zero-order valence-corrected chi connectivity index (χ0v) is 23.6. The maximum atomic E-state index is 13.5. The molecular weight excluding hydrogens is 506 g/mol. The van der Waals surface area contributed by atoms with Crippen molar-refractivity contribution in [2.75, 3.05) is 33.2 Å². The normalized spacial score (nSPS) is 14.2. The summed E-state index contributed by atoms with van der Waals surface area (Å²) in [6.45, 7) is 10.9. The maximum absolute atomic E-state index is 13.5. The number of aryl methyl sites for hydroxylation is 2. The van der Waals surface area contributed by atoms with Crippen LogP contribution < -0.4 is 10.9 Å². The summed E-state index contributed by atoms with van der Waals surface area (Å²) in [4.78, 5) is 50.7. The van der Waals surface area contributed by atoms with Gasteiger partial charge in [-0.15, -0.1) is 0 Å². The fraction of sp³-hybridized carbons (Fsp3) is 0.367. The Hall–Kier alpha value is -4.31. The molecule has 208 valence electrons. The average Bonchev–Trinajstić information content (AvgIpc) is 3.36. The van der Waals surface area contributed by atoms with Crippen molar-refractivity contribution in [2.45, 2.75) is 40.3 Å². The molecule has 10 nitrogen and oxygen atoms in total. The zero-order chi connectivity index (χ0) is 28.6. The molecule has 40 heavy (non-hydrogen) atoms. The molecule has 5 rings (SSSR count).